The standard InChI is InChI=1S/C28H24ClN3O3S/c1-15-13-16(2)23-21(14-15)36-28(30-23)32-24(17-7-11-20(12-8-17)31(3)4)22(26(34)27(32)35)25(33)18-5-9-19(29)10-6-18/h5-14,24,33H,1-4H3. The van der Waals surface area contributed by atoms with Gasteiger partial charge in [0, 0.05) is 30.4 Å². The second kappa shape index (κ2) is 9.08. The zero-order chi connectivity index (χ0) is 25.7. The van der Waals surface area contributed by atoms with Crippen molar-refractivity contribution in [2.75, 3.05) is 23.9 Å². The van der Waals surface area contributed by atoms with Crippen LogP contribution in [0.3, 0.4) is 0 Å². The van der Waals surface area contributed by atoms with Crippen LogP contribution in [-0.2, 0) is 9.59 Å². The van der Waals surface area contributed by atoms with Gasteiger partial charge in [0.1, 0.15) is 5.76 Å². The minimum absolute atomic E-state index is 0.0204. The van der Waals surface area contributed by atoms with Crippen molar-refractivity contribution >= 4 is 61.4 Å². The van der Waals surface area contributed by atoms with Crippen molar-refractivity contribution in [3.63, 3.8) is 0 Å². The second-order valence-corrected chi connectivity index (χ2v) is 10.5. The van der Waals surface area contributed by atoms with Crippen LogP contribution in [0.25, 0.3) is 16.0 Å². The SMILES string of the molecule is Cc1cc(C)c2nc(N3C(=O)C(=O)C(=C(O)c4ccc(Cl)cc4)C3c3ccc(N(C)C)cc3)sc2c1. The van der Waals surface area contributed by atoms with Crippen molar-refractivity contribution in [2.24, 2.45) is 0 Å². The third kappa shape index (κ3) is 4.04. The van der Waals surface area contributed by atoms with Crippen LogP contribution in [0.5, 0.6) is 0 Å². The molecule has 1 amide bonds. The number of benzene rings is 3. The molecule has 1 unspecified atom stereocenters. The normalized spacial score (nSPS) is 17.2. The molecule has 0 radical (unpaired) electrons. The van der Waals surface area contributed by atoms with E-state index in [1.807, 2.05) is 69.2 Å². The van der Waals surface area contributed by atoms with Crippen LogP contribution >= 0.6 is 22.9 Å². The molecule has 1 saturated heterocycles. The van der Waals surface area contributed by atoms with E-state index in [0.717, 1.165) is 27.0 Å². The number of ketones is 1. The van der Waals surface area contributed by atoms with Crippen molar-refractivity contribution in [2.45, 2.75) is 19.9 Å². The van der Waals surface area contributed by atoms with Gasteiger partial charge in [0.25, 0.3) is 5.78 Å². The average Bonchev–Trinajstić information content (AvgIpc) is 3.38. The highest BCUT2D eigenvalue weighted by Crippen LogP contribution is 2.45. The lowest BCUT2D eigenvalue weighted by Gasteiger charge is -2.23. The van der Waals surface area contributed by atoms with Gasteiger partial charge in [-0.3, -0.25) is 14.5 Å². The van der Waals surface area contributed by atoms with E-state index in [9.17, 15) is 14.7 Å². The highest BCUT2D eigenvalue weighted by molar-refractivity contribution is 7.22. The van der Waals surface area contributed by atoms with Crippen LogP contribution in [0.1, 0.15) is 28.3 Å². The maximum absolute atomic E-state index is 13.5. The Hall–Kier alpha value is -3.68. The number of aromatic nitrogens is 1. The van der Waals surface area contributed by atoms with E-state index < -0.39 is 17.7 Å². The van der Waals surface area contributed by atoms with Gasteiger partial charge in [-0.05, 0) is 73.0 Å². The number of aryl methyl sites for hydroxylation is 2. The molecule has 36 heavy (non-hydrogen) atoms. The van der Waals surface area contributed by atoms with Crippen molar-refractivity contribution < 1.29 is 14.7 Å². The fraction of sp³-hybridized carbons (Fsp3) is 0.179. The van der Waals surface area contributed by atoms with Crippen LogP contribution in [0, 0.1) is 13.8 Å². The lowest BCUT2D eigenvalue weighted by molar-refractivity contribution is -0.132. The van der Waals surface area contributed by atoms with Crippen LogP contribution in [0.4, 0.5) is 10.8 Å². The van der Waals surface area contributed by atoms with E-state index in [1.54, 1.807) is 24.3 Å². The van der Waals surface area contributed by atoms with Crippen molar-refractivity contribution in [3.8, 4) is 0 Å². The van der Waals surface area contributed by atoms with Gasteiger partial charge in [0.2, 0.25) is 0 Å². The summed E-state index contributed by atoms with van der Waals surface area (Å²) in [5.74, 6) is -1.72. The third-order valence-corrected chi connectivity index (χ3v) is 7.57. The summed E-state index contributed by atoms with van der Waals surface area (Å²) < 4.78 is 0.934. The number of thiazole rings is 1. The Bertz CT molecular complexity index is 1540. The number of carbonyl (C=O) groups excluding carboxylic acids is 2. The molecule has 3 aromatic carbocycles. The van der Waals surface area contributed by atoms with Gasteiger partial charge >= 0.3 is 5.91 Å². The predicted molar refractivity (Wildman–Crippen MR) is 146 cm³/mol. The first-order valence-corrected chi connectivity index (χ1v) is 12.6. The molecule has 2 heterocycles. The van der Waals surface area contributed by atoms with Crippen LogP contribution < -0.4 is 9.80 Å². The molecule has 1 fully saturated rings. The zero-order valence-corrected chi connectivity index (χ0v) is 21.8. The quantitative estimate of drug-likeness (QED) is 0.196. The number of fused-ring (bicyclic) bond motifs is 1. The van der Waals surface area contributed by atoms with E-state index >= 15 is 0 Å². The highest BCUT2D eigenvalue weighted by atomic mass is 35.5. The summed E-state index contributed by atoms with van der Waals surface area (Å²) in [5, 5.41) is 12.2. The van der Waals surface area contributed by atoms with Gasteiger partial charge in [0.15, 0.2) is 5.13 Å². The monoisotopic (exact) mass is 517 g/mol. The summed E-state index contributed by atoms with van der Waals surface area (Å²) in [6.07, 6.45) is 0. The molecule has 182 valence electrons. The van der Waals surface area contributed by atoms with Crippen molar-refractivity contribution in [1.82, 2.24) is 4.98 Å². The number of rotatable bonds is 4. The number of anilines is 2. The molecule has 5 rings (SSSR count). The molecule has 6 nitrogen and oxygen atoms in total. The number of carbonyl (C=O) groups is 2. The van der Waals surface area contributed by atoms with Gasteiger partial charge in [-0.2, -0.15) is 0 Å². The topological polar surface area (TPSA) is 73.7 Å². The minimum Gasteiger partial charge on any atom is -0.507 e. The Kier molecular flexibility index (Phi) is 6.06. The number of aliphatic hydroxyl groups is 1. The summed E-state index contributed by atoms with van der Waals surface area (Å²) in [6.45, 7) is 3.99. The fourth-order valence-electron chi connectivity index (χ4n) is 4.53. The number of hydrogen-bond acceptors (Lipinski definition) is 6. The van der Waals surface area contributed by atoms with Crippen molar-refractivity contribution in [1.29, 1.82) is 0 Å². The zero-order valence-electron chi connectivity index (χ0n) is 20.2. The van der Waals surface area contributed by atoms with Crippen molar-refractivity contribution in [3.05, 3.63) is 93.5 Å². The van der Waals surface area contributed by atoms with Gasteiger partial charge in [-0.15, -0.1) is 0 Å². The summed E-state index contributed by atoms with van der Waals surface area (Å²) >= 11 is 7.38. The number of halogens is 1. The molecule has 1 atom stereocenters. The number of amides is 1. The Morgan fingerprint density at radius 3 is 2.33 bits per heavy atom. The molecule has 0 spiro atoms. The molecule has 0 bridgehead atoms. The maximum atomic E-state index is 13.5. The first-order chi connectivity index (χ1) is 17.2. The van der Waals surface area contributed by atoms with Crippen LogP contribution in [-0.4, -0.2) is 35.9 Å². The largest absolute Gasteiger partial charge is 0.507 e. The summed E-state index contributed by atoms with van der Waals surface area (Å²) in [7, 11) is 3.88. The average molecular weight is 518 g/mol. The van der Waals surface area contributed by atoms with E-state index in [4.69, 9.17) is 16.6 Å². The molecule has 4 aromatic rings. The predicted octanol–water partition coefficient (Wildman–Crippen LogP) is 6.26. The molecule has 1 aliphatic heterocycles. The smallest absolute Gasteiger partial charge is 0.301 e. The lowest BCUT2D eigenvalue weighted by atomic mass is 9.95. The molecule has 0 saturated carbocycles. The van der Waals surface area contributed by atoms with Gasteiger partial charge in [-0.25, -0.2) is 4.98 Å². The number of hydrogen-bond donors (Lipinski definition) is 1. The first kappa shape index (κ1) is 24.0. The van der Waals surface area contributed by atoms with Crippen LogP contribution in [0.15, 0.2) is 66.2 Å². The maximum Gasteiger partial charge on any atom is 0.301 e. The fourth-order valence-corrected chi connectivity index (χ4v) is 5.82. The Balaban J connectivity index is 1.73. The molecular weight excluding hydrogens is 494 g/mol. The third-order valence-electron chi connectivity index (χ3n) is 6.31. The summed E-state index contributed by atoms with van der Waals surface area (Å²) in [5.41, 5.74) is 4.98. The Morgan fingerprint density at radius 1 is 1.03 bits per heavy atom. The number of aliphatic hydroxyl groups excluding tert-OH is 1. The summed E-state index contributed by atoms with van der Waals surface area (Å²) in [4.78, 5) is 35.0. The molecule has 0 aliphatic carbocycles. The molecule has 1 N–H and O–H groups in total. The van der Waals surface area contributed by atoms with Crippen LogP contribution in [0.2, 0.25) is 5.02 Å². The molecule has 1 aromatic heterocycles. The van der Waals surface area contributed by atoms with E-state index in [-0.39, 0.29) is 11.3 Å². The number of nitrogens with zero attached hydrogens (tertiary/aromatic N) is 3. The van der Waals surface area contributed by atoms with Gasteiger partial charge in [-0.1, -0.05) is 41.1 Å². The Morgan fingerprint density at radius 2 is 1.69 bits per heavy atom. The van der Waals surface area contributed by atoms with Gasteiger partial charge in [0.05, 0.1) is 21.8 Å². The molecule has 8 heteroatoms. The van der Waals surface area contributed by atoms with E-state index in [2.05, 4.69) is 0 Å². The molecular formula is C28H24ClN3O3S. The summed E-state index contributed by atoms with van der Waals surface area (Å²) in [6, 6.07) is 17.3. The second-order valence-electron chi connectivity index (χ2n) is 9.09. The van der Waals surface area contributed by atoms with E-state index in [0.29, 0.717) is 21.3 Å². The number of Topliss-reactive ketones (excluding diaryl/α,β-unsaturated/α-hetero) is 1. The minimum atomic E-state index is -0.834. The first-order valence-electron chi connectivity index (χ1n) is 11.4. The highest BCUT2D eigenvalue weighted by Gasteiger charge is 2.48. The lowest BCUT2D eigenvalue weighted by Crippen LogP contribution is -2.29. The van der Waals surface area contributed by atoms with E-state index in [1.165, 1.54) is 16.2 Å². The molecule has 1 aliphatic rings. The van der Waals surface area contributed by atoms with Gasteiger partial charge < -0.3 is 10.0 Å². The Labute approximate surface area is 218 Å².